The monoisotopic (exact) mass is 749 g/mol. The number of fused-ring (bicyclic) bond motifs is 6. The van der Waals surface area contributed by atoms with Crippen LogP contribution in [0.15, 0.2) is 188 Å². The van der Waals surface area contributed by atoms with E-state index in [1.165, 1.54) is 51.5 Å². The van der Waals surface area contributed by atoms with Gasteiger partial charge in [-0.3, -0.25) is 0 Å². The smallest absolute Gasteiger partial charge is 0.165 e. The third-order valence-corrected chi connectivity index (χ3v) is 12.9. The molecular formula is C51H31N3S2. The maximum absolute atomic E-state index is 5.24. The minimum atomic E-state index is 0.640. The van der Waals surface area contributed by atoms with Crippen LogP contribution in [0, 0.1) is 0 Å². The van der Waals surface area contributed by atoms with Gasteiger partial charge in [0.15, 0.2) is 17.5 Å². The first-order valence-electron chi connectivity index (χ1n) is 18.7. The summed E-state index contributed by atoms with van der Waals surface area (Å²) in [5.74, 6) is 1.95. The summed E-state index contributed by atoms with van der Waals surface area (Å²) in [5.41, 5.74) is 9.77. The Kier molecular flexibility index (Phi) is 7.87. The molecule has 0 fully saturated rings. The van der Waals surface area contributed by atoms with Crippen LogP contribution in [0.5, 0.6) is 0 Å². The van der Waals surface area contributed by atoms with Gasteiger partial charge in [-0.15, -0.1) is 22.7 Å². The second-order valence-electron chi connectivity index (χ2n) is 14.0. The van der Waals surface area contributed by atoms with E-state index in [0.29, 0.717) is 17.5 Å². The molecule has 0 unspecified atom stereocenters. The number of hydrogen-bond donors (Lipinski definition) is 0. The molecule has 0 atom stereocenters. The predicted octanol–water partition coefficient (Wildman–Crippen LogP) is 14.6. The molecule has 0 aliphatic rings. The lowest BCUT2D eigenvalue weighted by atomic mass is 9.98. The largest absolute Gasteiger partial charge is 0.208 e. The molecule has 0 aliphatic heterocycles. The fraction of sp³-hybridized carbons (Fsp3) is 0. The van der Waals surface area contributed by atoms with E-state index < -0.39 is 0 Å². The molecule has 11 rings (SSSR count). The number of rotatable bonds is 6. The van der Waals surface area contributed by atoms with E-state index in [2.05, 4.69) is 182 Å². The molecule has 0 bridgehead atoms. The van der Waals surface area contributed by atoms with E-state index in [0.717, 1.165) is 38.9 Å². The molecule has 0 radical (unpaired) electrons. The average molecular weight is 750 g/mol. The third kappa shape index (κ3) is 5.68. The average Bonchev–Trinajstić information content (AvgIpc) is 3.85. The highest BCUT2D eigenvalue weighted by molar-refractivity contribution is 7.26. The van der Waals surface area contributed by atoms with Crippen LogP contribution in [0.4, 0.5) is 0 Å². The van der Waals surface area contributed by atoms with Crippen molar-refractivity contribution in [2.45, 2.75) is 0 Å². The van der Waals surface area contributed by atoms with Crippen molar-refractivity contribution in [1.82, 2.24) is 15.0 Å². The van der Waals surface area contributed by atoms with Gasteiger partial charge in [0, 0.05) is 57.0 Å². The van der Waals surface area contributed by atoms with Crippen LogP contribution in [0.3, 0.4) is 0 Å². The van der Waals surface area contributed by atoms with Crippen molar-refractivity contribution in [2.24, 2.45) is 0 Å². The van der Waals surface area contributed by atoms with Gasteiger partial charge in [-0.1, -0.05) is 158 Å². The molecule has 0 saturated carbocycles. The molecule has 56 heavy (non-hydrogen) atoms. The number of aromatic nitrogens is 3. The van der Waals surface area contributed by atoms with Crippen LogP contribution < -0.4 is 0 Å². The molecule has 3 aromatic heterocycles. The SMILES string of the molecule is c1ccc(-c2ccccc2-c2nc(-c3cccc(-c4ccc(-c5ccc6c(c5)sc5ccccc56)cc4)c3)nc(-c3cccc4c3sc3ccccc34)n2)cc1. The lowest BCUT2D eigenvalue weighted by molar-refractivity contribution is 1.08. The second kappa shape index (κ2) is 13.5. The van der Waals surface area contributed by atoms with Crippen LogP contribution in [0.1, 0.15) is 0 Å². The highest BCUT2D eigenvalue weighted by Gasteiger charge is 2.19. The zero-order valence-corrected chi connectivity index (χ0v) is 31.7. The number of thiophene rings is 2. The van der Waals surface area contributed by atoms with Crippen molar-refractivity contribution in [2.75, 3.05) is 0 Å². The van der Waals surface area contributed by atoms with Gasteiger partial charge in [-0.05, 0) is 63.7 Å². The summed E-state index contributed by atoms with van der Waals surface area (Å²) in [6.07, 6.45) is 0. The Balaban J connectivity index is 1.02. The second-order valence-corrected chi connectivity index (χ2v) is 16.1. The zero-order valence-electron chi connectivity index (χ0n) is 30.1. The van der Waals surface area contributed by atoms with Gasteiger partial charge in [-0.25, -0.2) is 15.0 Å². The van der Waals surface area contributed by atoms with Gasteiger partial charge < -0.3 is 0 Å². The molecule has 8 aromatic carbocycles. The first-order valence-corrected chi connectivity index (χ1v) is 20.3. The molecule has 11 aromatic rings. The van der Waals surface area contributed by atoms with E-state index in [1.54, 1.807) is 11.3 Å². The first kappa shape index (κ1) is 32.6. The third-order valence-electron chi connectivity index (χ3n) is 10.6. The lowest BCUT2D eigenvalue weighted by Gasteiger charge is -2.13. The molecule has 3 nitrogen and oxygen atoms in total. The van der Waals surface area contributed by atoms with Crippen molar-refractivity contribution >= 4 is 63.0 Å². The van der Waals surface area contributed by atoms with Gasteiger partial charge in [0.25, 0.3) is 0 Å². The van der Waals surface area contributed by atoms with Crippen molar-refractivity contribution in [3.8, 4) is 67.5 Å². The van der Waals surface area contributed by atoms with Crippen LogP contribution >= 0.6 is 22.7 Å². The summed E-state index contributed by atoms with van der Waals surface area (Å²) in [4.78, 5) is 15.7. The maximum Gasteiger partial charge on any atom is 0.165 e. The van der Waals surface area contributed by atoms with Gasteiger partial charge in [0.1, 0.15) is 0 Å². The molecule has 0 spiro atoms. The summed E-state index contributed by atoms with van der Waals surface area (Å²) >= 11 is 3.64. The lowest BCUT2D eigenvalue weighted by Crippen LogP contribution is -2.01. The molecule has 0 N–H and O–H groups in total. The Morgan fingerprint density at radius 1 is 0.268 bits per heavy atom. The minimum Gasteiger partial charge on any atom is -0.208 e. The zero-order chi connectivity index (χ0) is 37.0. The molecule has 5 heteroatoms. The van der Waals surface area contributed by atoms with E-state index in [4.69, 9.17) is 15.0 Å². The fourth-order valence-corrected chi connectivity index (χ4v) is 10.2. The topological polar surface area (TPSA) is 38.7 Å². The Labute approximate surface area is 331 Å². The van der Waals surface area contributed by atoms with Crippen molar-refractivity contribution < 1.29 is 0 Å². The molecule has 3 heterocycles. The minimum absolute atomic E-state index is 0.640. The quantitative estimate of drug-likeness (QED) is 0.170. The molecule has 262 valence electrons. The van der Waals surface area contributed by atoms with E-state index >= 15 is 0 Å². The summed E-state index contributed by atoms with van der Waals surface area (Å²) in [6, 6.07) is 66.8. The number of hydrogen-bond acceptors (Lipinski definition) is 5. The van der Waals surface area contributed by atoms with Crippen LogP contribution in [-0.4, -0.2) is 15.0 Å². The summed E-state index contributed by atoms with van der Waals surface area (Å²) in [7, 11) is 0. The summed E-state index contributed by atoms with van der Waals surface area (Å²) in [5, 5.41) is 5.10. The van der Waals surface area contributed by atoms with Gasteiger partial charge >= 0.3 is 0 Å². The van der Waals surface area contributed by atoms with Gasteiger partial charge in [0.05, 0.1) is 0 Å². The Morgan fingerprint density at radius 2 is 0.768 bits per heavy atom. The maximum atomic E-state index is 5.24. The number of benzene rings is 8. The van der Waals surface area contributed by atoms with E-state index in [-0.39, 0.29) is 0 Å². The van der Waals surface area contributed by atoms with Gasteiger partial charge in [-0.2, -0.15) is 0 Å². The molecular weight excluding hydrogens is 719 g/mol. The summed E-state index contributed by atoms with van der Waals surface area (Å²) in [6.45, 7) is 0. The van der Waals surface area contributed by atoms with E-state index in [9.17, 15) is 0 Å². The Morgan fingerprint density at radius 3 is 1.55 bits per heavy atom. The number of nitrogens with zero attached hydrogens (tertiary/aromatic N) is 3. The van der Waals surface area contributed by atoms with E-state index in [1.807, 2.05) is 17.4 Å². The Hall–Kier alpha value is -6.79. The standard InChI is InChI=1S/C51H31N3S2/c1-2-12-34(13-3-1)38-16-4-5-19-43(38)50-52-49(53-51(54-50)44-21-11-20-42-40-18-7-9-23-46(40)56-48(42)44)37-15-10-14-35(30-37)32-24-26-33(27-25-32)36-28-29-41-39-17-6-8-22-45(39)55-47(41)31-36/h1-31H. The van der Waals surface area contributed by atoms with Crippen molar-refractivity contribution in [3.63, 3.8) is 0 Å². The molecule has 0 amide bonds. The van der Waals surface area contributed by atoms with Crippen molar-refractivity contribution in [3.05, 3.63) is 188 Å². The summed E-state index contributed by atoms with van der Waals surface area (Å²) < 4.78 is 5.06. The first-order chi connectivity index (χ1) is 27.7. The highest BCUT2D eigenvalue weighted by Crippen LogP contribution is 2.41. The van der Waals surface area contributed by atoms with Crippen LogP contribution in [-0.2, 0) is 0 Å². The van der Waals surface area contributed by atoms with Gasteiger partial charge in [0.2, 0.25) is 0 Å². The highest BCUT2D eigenvalue weighted by atomic mass is 32.1. The van der Waals surface area contributed by atoms with Crippen molar-refractivity contribution in [1.29, 1.82) is 0 Å². The predicted molar refractivity (Wildman–Crippen MR) is 238 cm³/mol. The fourth-order valence-electron chi connectivity index (χ4n) is 7.82. The molecule has 0 saturated heterocycles. The van der Waals surface area contributed by atoms with Crippen LogP contribution in [0.25, 0.3) is 108 Å². The Bertz CT molecular complexity index is 3250. The molecule has 0 aliphatic carbocycles. The normalized spacial score (nSPS) is 11.6. The van der Waals surface area contributed by atoms with Crippen LogP contribution in [0.2, 0.25) is 0 Å².